The molecule has 5 heteroatoms. The summed E-state index contributed by atoms with van der Waals surface area (Å²) < 4.78 is 6.75. The van der Waals surface area contributed by atoms with Crippen LogP contribution in [0.4, 0.5) is 5.69 Å². The van der Waals surface area contributed by atoms with Crippen molar-refractivity contribution < 1.29 is 4.74 Å². The Balaban J connectivity index is 1.21. The summed E-state index contributed by atoms with van der Waals surface area (Å²) in [5.74, 6) is 3.23. The van der Waals surface area contributed by atoms with Crippen molar-refractivity contribution in [2.45, 2.75) is 5.41 Å². The zero-order valence-corrected chi connectivity index (χ0v) is 28.0. The molecule has 1 aliphatic heterocycles. The SMILES string of the molecule is [C-]#[N+]c1ccccc1-c1ccc(-c2nc(-c3ccccc3)nc(-c3ccc4c(c3)Oc3ccccc3C4(c3ccccc3)c3ccccc3)n2)cc1. The Bertz CT molecular complexity index is 2560. The number of rotatable bonds is 6. The molecule has 1 aliphatic rings. The second-order valence-electron chi connectivity index (χ2n) is 12.7. The molecule has 0 spiro atoms. The van der Waals surface area contributed by atoms with Crippen LogP contribution >= 0.6 is 0 Å². The quantitative estimate of drug-likeness (QED) is 0.166. The first-order valence-corrected chi connectivity index (χ1v) is 17.1. The number of ether oxygens (including phenoxy) is 1. The van der Waals surface area contributed by atoms with Crippen molar-refractivity contribution in [3.05, 3.63) is 216 Å². The van der Waals surface area contributed by atoms with E-state index in [1.165, 1.54) is 0 Å². The average Bonchev–Trinajstić information content (AvgIpc) is 3.23. The van der Waals surface area contributed by atoms with E-state index in [0.29, 0.717) is 23.2 Å². The maximum Gasteiger partial charge on any atom is 0.194 e. The van der Waals surface area contributed by atoms with Crippen molar-refractivity contribution in [1.29, 1.82) is 0 Å². The highest BCUT2D eigenvalue weighted by Crippen LogP contribution is 2.55. The van der Waals surface area contributed by atoms with E-state index in [0.717, 1.165) is 61.6 Å². The van der Waals surface area contributed by atoms with E-state index in [1.807, 2.05) is 91.0 Å². The molecule has 2 heterocycles. The third kappa shape index (κ3) is 5.22. The molecule has 1 aromatic heterocycles. The molecule has 0 aliphatic carbocycles. The summed E-state index contributed by atoms with van der Waals surface area (Å²) in [5, 5.41) is 0. The summed E-state index contributed by atoms with van der Waals surface area (Å²) in [5.41, 5.74) is 8.85. The van der Waals surface area contributed by atoms with E-state index in [9.17, 15) is 0 Å². The second-order valence-corrected chi connectivity index (χ2v) is 12.7. The third-order valence-electron chi connectivity index (χ3n) is 9.71. The van der Waals surface area contributed by atoms with Gasteiger partial charge in [0.1, 0.15) is 11.5 Å². The first-order valence-electron chi connectivity index (χ1n) is 17.1. The molecule has 0 bridgehead atoms. The summed E-state index contributed by atoms with van der Waals surface area (Å²) in [6.07, 6.45) is 0. The minimum atomic E-state index is -0.613. The Morgan fingerprint density at radius 1 is 0.423 bits per heavy atom. The highest BCUT2D eigenvalue weighted by atomic mass is 16.5. The van der Waals surface area contributed by atoms with Crippen molar-refractivity contribution in [3.8, 4) is 56.8 Å². The van der Waals surface area contributed by atoms with Crippen molar-refractivity contribution in [3.63, 3.8) is 0 Å². The molecule has 0 unspecified atom stereocenters. The largest absolute Gasteiger partial charge is 0.457 e. The van der Waals surface area contributed by atoms with Crippen LogP contribution in [0.15, 0.2) is 182 Å². The van der Waals surface area contributed by atoms with Gasteiger partial charge in [-0.25, -0.2) is 19.8 Å². The molecule has 244 valence electrons. The van der Waals surface area contributed by atoms with Gasteiger partial charge in [0.05, 0.1) is 12.0 Å². The van der Waals surface area contributed by atoms with Gasteiger partial charge in [0.2, 0.25) is 0 Å². The van der Waals surface area contributed by atoms with E-state index in [4.69, 9.17) is 26.3 Å². The molecule has 0 saturated carbocycles. The van der Waals surface area contributed by atoms with Crippen molar-refractivity contribution >= 4 is 5.69 Å². The Morgan fingerprint density at radius 2 is 0.904 bits per heavy atom. The summed E-state index contributed by atoms with van der Waals surface area (Å²) in [6.45, 7) is 7.61. The Morgan fingerprint density at radius 3 is 1.56 bits per heavy atom. The number of hydrogen-bond acceptors (Lipinski definition) is 4. The van der Waals surface area contributed by atoms with Gasteiger partial charge < -0.3 is 4.74 Å². The number of benzene rings is 7. The van der Waals surface area contributed by atoms with Gasteiger partial charge in [-0.2, -0.15) is 0 Å². The maximum atomic E-state index is 7.61. The number of nitrogens with zero attached hydrogens (tertiary/aromatic N) is 4. The molecule has 0 saturated heterocycles. The highest BCUT2D eigenvalue weighted by Gasteiger charge is 2.45. The van der Waals surface area contributed by atoms with Gasteiger partial charge in [-0.05, 0) is 34.4 Å². The molecule has 0 atom stereocenters. The first-order chi connectivity index (χ1) is 25.7. The second kappa shape index (κ2) is 12.9. The number of aromatic nitrogens is 3. The molecule has 52 heavy (non-hydrogen) atoms. The van der Waals surface area contributed by atoms with Crippen molar-refractivity contribution in [1.82, 2.24) is 15.0 Å². The monoisotopic (exact) mass is 666 g/mol. The van der Waals surface area contributed by atoms with Crippen LogP contribution in [0.3, 0.4) is 0 Å². The van der Waals surface area contributed by atoms with E-state index >= 15 is 0 Å². The summed E-state index contributed by atoms with van der Waals surface area (Å²) >= 11 is 0. The molecular formula is C47H30N4O. The smallest absolute Gasteiger partial charge is 0.194 e. The van der Waals surface area contributed by atoms with E-state index in [1.54, 1.807) is 0 Å². The molecule has 8 aromatic rings. The fourth-order valence-electron chi connectivity index (χ4n) is 7.31. The lowest BCUT2D eigenvalue weighted by molar-refractivity contribution is 0.434. The highest BCUT2D eigenvalue weighted by molar-refractivity contribution is 5.80. The molecule has 0 fully saturated rings. The van der Waals surface area contributed by atoms with E-state index < -0.39 is 5.41 Å². The number of para-hydroxylation sites is 2. The lowest BCUT2D eigenvalue weighted by atomic mass is 9.63. The van der Waals surface area contributed by atoms with Crippen LogP contribution in [0, 0.1) is 6.57 Å². The molecule has 5 nitrogen and oxygen atoms in total. The molecule has 0 amide bonds. The van der Waals surface area contributed by atoms with Crippen LogP contribution in [0.1, 0.15) is 22.3 Å². The Hall–Kier alpha value is -7.16. The van der Waals surface area contributed by atoms with Gasteiger partial charge in [-0.1, -0.05) is 170 Å². The fourth-order valence-corrected chi connectivity index (χ4v) is 7.31. The minimum Gasteiger partial charge on any atom is -0.457 e. The van der Waals surface area contributed by atoms with Crippen LogP contribution in [0.2, 0.25) is 0 Å². The zero-order valence-electron chi connectivity index (χ0n) is 28.0. The Labute approximate surface area is 302 Å². The lowest BCUT2D eigenvalue weighted by Crippen LogP contribution is -2.34. The topological polar surface area (TPSA) is 52.3 Å². The molecule has 0 radical (unpaired) electrons. The zero-order chi connectivity index (χ0) is 34.9. The predicted molar refractivity (Wildman–Crippen MR) is 206 cm³/mol. The van der Waals surface area contributed by atoms with E-state index in [2.05, 4.69) is 95.8 Å². The molecule has 7 aromatic carbocycles. The van der Waals surface area contributed by atoms with Gasteiger partial charge in [-0.15, -0.1) is 0 Å². The summed E-state index contributed by atoms with van der Waals surface area (Å²) in [4.78, 5) is 18.7. The van der Waals surface area contributed by atoms with E-state index in [-0.39, 0.29) is 0 Å². The minimum absolute atomic E-state index is 0.543. The third-order valence-corrected chi connectivity index (χ3v) is 9.71. The first kappa shape index (κ1) is 30.9. The van der Waals surface area contributed by atoms with Gasteiger partial charge in [0.15, 0.2) is 23.2 Å². The molecular weight excluding hydrogens is 637 g/mol. The van der Waals surface area contributed by atoms with Gasteiger partial charge in [0, 0.05) is 27.8 Å². The van der Waals surface area contributed by atoms with Crippen LogP contribution in [-0.2, 0) is 5.41 Å². The summed E-state index contributed by atoms with van der Waals surface area (Å²) in [7, 11) is 0. The normalized spacial score (nSPS) is 12.5. The number of hydrogen-bond donors (Lipinski definition) is 0. The number of fused-ring (bicyclic) bond motifs is 2. The maximum absolute atomic E-state index is 7.61. The van der Waals surface area contributed by atoms with Crippen molar-refractivity contribution in [2.24, 2.45) is 0 Å². The van der Waals surface area contributed by atoms with Gasteiger partial charge in [0.25, 0.3) is 0 Å². The van der Waals surface area contributed by atoms with Crippen molar-refractivity contribution in [2.75, 3.05) is 0 Å². The predicted octanol–water partition coefficient (Wildman–Crippen LogP) is 11.6. The fraction of sp³-hybridized carbons (Fsp3) is 0.0213. The Kier molecular flexibility index (Phi) is 7.68. The van der Waals surface area contributed by atoms with Gasteiger partial charge >= 0.3 is 0 Å². The van der Waals surface area contributed by atoms with Crippen LogP contribution in [0.5, 0.6) is 11.5 Å². The lowest BCUT2D eigenvalue weighted by Gasteiger charge is -2.41. The van der Waals surface area contributed by atoms with Crippen LogP contribution in [-0.4, -0.2) is 15.0 Å². The average molecular weight is 667 g/mol. The van der Waals surface area contributed by atoms with Crippen LogP contribution in [0.25, 0.3) is 50.1 Å². The summed E-state index contributed by atoms with van der Waals surface area (Å²) in [6, 6.07) is 61.6. The molecule has 9 rings (SSSR count). The molecule has 0 N–H and O–H groups in total. The van der Waals surface area contributed by atoms with Gasteiger partial charge in [-0.3, -0.25) is 0 Å². The standard InChI is InChI=1S/C47H30N4O/c1-48-41-23-13-11-21-38(41)32-25-27-34(28-26-32)45-49-44(33-15-5-2-6-16-33)50-46(51-45)35-29-30-40-43(31-35)52-42-24-14-12-22-39(42)47(40,36-17-7-3-8-18-36)37-19-9-4-10-20-37/h2-31H. The van der Waals surface area contributed by atoms with Crippen LogP contribution < -0.4 is 4.74 Å².